The van der Waals surface area contributed by atoms with Gasteiger partial charge in [-0.15, -0.1) is 0 Å². The third-order valence-corrected chi connectivity index (χ3v) is 7.47. The Labute approximate surface area is 192 Å². The van der Waals surface area contributed by atoms with Gasteiger partial charge in [-0.1, -0.05) is 12.1 Å². The highest BCUT2D eigenvalue weighted by molar-refractivity contribution is 7.89. The molecule has 9 nitrogen and oxygen atoms in total. The number of hydrogen-bond donors (Lipinski definition) is 0. The largest absolute Gasteiger partial charge is 0.491 e. The van der Waals surface area contributed by atoms with E-state index in [1.807, 2.05) is 0 Å². The minimum absolute atomic E-state index is 0.0874. The van der Waals surface area contributed by atoms with Gasteiger partial charge in [0.15, 0.2) is 11.6 Å². The summed E-state index contributed by atoms with van der Waals surface area (Å²) in [5, 5.41) is 0. The Morgan fingerprint density at radius 1 is 1.09 bits per heavy atom. The molecule has 0 saturated carbocycles. The number of halogens is 1. The number of sulfonamides is 1. The number of methoxy groups -OCH3 is 1. The Hall–Kier alpha value is -2.92. The molecule has 1 aromatic heterocycles. The Morgan fingerprint density at radius 3 is 2.39 bits per heavy atom. The van der Waals surface area contributed by atoms with Gasteiger partial charge in [-0.2, -0.15) is 4.31 Å². The van der Waals surface area contributed by atoms with Crippen molar-refractivity contribution < 1.29 is 36.3 Å². The highest BCUT2D eigenvalue weighted by atomic mass is 32.2. The molecule has 0 spiro atoms. The minimum Gasteiger partial charge on any atom is -0.491 e. The van der Waals surface area contributed by atoms with Crippen molar-refractivity contribution in [2.75, 3.05) is 39.9 Å². The first-order valence-corrected chi connectivity index (χ1v) is 11.9. The molecule has 0 atom stereocenters. The highest BCUT2D eigenvalue weighted by Crippen LogP contribution is 2.30. The molecule has 11 heteroatoms. The molecule has 1 aromatic carbocycles. The molecule has 0 unspecified atom stereocenters. The van der Waals surface area contributed by atoms with E-state index < -0.39 is 21.8 Å². The van der Waals surface area contributed by atoms with Crippen LogP contribution >= 0.6 is 0 Å². The fourth-order valence-corrected chi connectivity index (χ4v) is 5.54. The van der Waals surface area contributed by atoms with Gasteiger partial charge in [-0.3, -0.25) is 4.79 Å². The molecule has 3 rings (SSSR count). The van der Waals surface area contributed by atoms with E-state index in [0.29, 0.717) is 6.42 Å². The Balaban J connectivity index is 1.55. The van der Waals surface area contributed by atoms with Crippen LogP contribution < -0.4 is 4.74 Å². The average Bonchev–Trinajstić information content (AvgIpc) is 3.11. The molecule has 1 aliphatic rings. The van der Waals surface area contributed by atoms with Crippen molar-refractivity contribution in [3.05, 3.63) is 47.2 Å². The van der Waals surface area contributed by atoms with Gasteiger partial charge in [0, 0.05) is 32.6 Å². The Morgan fingerprint density at radius 2 is 1.76 bits per heavy atom. The Kier molecular flexibility index (Phi) is 7.75. The lowest BCUT2D eigenvalue weighted by molar-refractivity contribution is -0.132. The van der Waals surface area contributed by atoms with Gasteiger partial charge in [0.05, 0.1) is 13.7 Å². The minimum atomic E-state index is -4.02. The monoisotopic (exact) mass is 482 g/mol. The van der Waals surface area contributed by atoms with Crippen LogP contribution in [0.25, 0.3) is 0 Å². The van der Waals surface area contributed by atoms with Gasteiger partial charge >= 0.3 is 5.97 Å². The number of benzene rings is 1. The summed E-state index contributed by atoms with van der Waals surface area (Å²) in [6, 6.07) is 6.05. The van der Waals surface area contributed by atoms with E-state index in [2.05, 4.69) is 0 Å². The van der Waals surface area contributed by atoms with E-state index in [0.717, 1.165) is 0 Å². The van der Waals surface area contributed by atoms with Gasteiger partial charge < -0.3 is 18.8 Å². The van der Waals surface area contributed by atoms with Gasteiger partial charge in [0.2, 0.25) is 15.9 Å². The van der Waals surface area contributed by atoms with Crippen molar-refractivity contribution in [3.63, 3.8) is 0 Å². The molecule has 0 bridgehead atoms. The van der Waals surface area contributed by atoms with Crippen LogP contribution in [0.1, 0.15) is 34.7 Å². The molecule has 1 aliphatic heterocycles. The fraction of sp³-hybridized carbons (Fsp3) is 0.455. The van der Waals surface area contributed by atoms with Crippen LogP contribution in [0.15, 0.2) is 33.6 Å². The standard InChI is InChI=1S/C22H27FN2O7S/c1-15-20(22(27)30-3)21(16(2)32-15)33(28,29)25-12-10-24(11-13-25)19(26)9-6-14-31-18-8-5-4-7-17(18)23/h4-5,7-8H,6,9-14H2,1-3H3. The van der Waals surface area contributed by atoms with Gasteiger partial charge in [-0.25, -0.2) is 17.6 Å². The quantitative estimate of drug-likeness (QED) is 0.420. The number of piperazine rings is 1. The molecule has 1 saturated heterocycles. The first kappa shape index (κ1) is 24.7. The first-order chi connectivity index (χ1) is 15.7. The predicted octanol–water partition coefficient (Wildman–Crippen LogP) is 2.51. The van der Waals surface area contributed by atoms with Gasteiger partial charge in [-0.05, 0) is 32.4 Å². The molecule has 1 amide bonds. The second kappa shape index (κ2) is 10.3. The summed E-state index contributed by atoms with van der Waals surface area (Å²) >= 11 is 0. The third-order valence-electron chi connectivity index (χ3n) is 5.41. The van der Waals surface area contributed by atoms with Crippen LogP contribution in [0.4, 0.5) is 4.39 Å². The van der Waals surface area contributed by atoms with Crippen LogP contribution in [-0.2, 0) is 19.6 Å². The molecular formula is C22H27FN2O7S. The Bertz CT molecular complexity index is 1120. The van der Waals surface area contributed by atoms with Crippen molar-refractivity contribution >= 4 is 21.9 Å². The molecule has 2 aromatic rings. The van der Waals surface area contributed by atoms with Crippen LogP contribution in [0.2, 0.25) is 0 Å². The maximum absolute atomic E-state index is 13.6. The fourth-order valence-electron chi connectivity index (χ4n) is 3.74. The number of rotatable bonds is 8. The zero-order valence-corrected chi connectivity index (χ0v) is 19.6. The molecule has 1 fully saturated rings. The van der Waals surface area contributed by atoms with Crippen molar-refractivity contribution in [3.8, 4) is 5.75 Å². The molecule has 33 heavy (non-hydrogen) atoms. The maximum atomic E-state index is 13.6. The SMILES string of the molecule is COC(=O)c1c(C)oc(C)c1S(=O)(=O)N1CCN(C(=O)CCCOc2ccccc2F)CC1. The average molecular weight is 483 g/mol. The van der Waals surface area contributed by atoms with Crippen LogP contribution in [0.3, 0.4) is 0 Å². The molecule has 180 valence electrons. The number of furan rings is 1. The topological polar surface area (TPSA) is 106 Å². The second-order valence-corrected chi connectivity index (χ2v) is 9.45. The summed E-state index contributed by atoms with van der Waals surface area (Å²) in [6.45, 7) is 3.79. The summed E-state index contributed by atoms with van der Waals surface area (Å²) < 4.78 is 56.7. The predicted molar refractivity (Wildman–Crippen MR) is 116 cm³/mol. The van der Waals surface area contributed by atoms with Gasteiger partial charge in [0.1, 0.15) is 22.0 Å². The molecule has 0 aliphatic carbocycles. The van der Waals surface area contributed by atoms with Crippen molar-refractivity contribution in [1.82, 2.24) is 9.21 Å². The number of aryl methyl sites for hydroxylation is 2. The van der Waals surface area contributed by atoms with E-state index in [-0.39, 0.29) is 72.8 Å². The third kappa shape index (κ3) is 5.36. The summed E-state index contributed by atoms with van der Waals surface area (Å²) in [6.07, 6.45) is 0.607. The molecule has 0 radical (unpaired) electrons. The number of hydrogen-bond acceptors (Lipinski definition) is 7. The second-order valence-electron chi connectivity index (χ2n) is 7.58. The van der Waals surface area contributed by atoms with E-state index >= 15 is 0 Å². The maximum Gasteiger partial charge on any atom is 0.342 e. The highest BCUT2D eigenvalue weighted by Gasteiger charge is 2.37. The number of para-hydroxylation sites is 1. The van der Waals surface area contributed by atoms with Crippen LogP contribution in [0, 0.1) is 19.7 Å². The number of amides is 1. The van der Waals surface area contributed by atoms with E-state index in [1.165, 1.54) is 37.4 Å². The number of carbonyl (C=O) groups excluding carboxylic acids is 2. The lowest BCUT2D eigenvalue weighted by atomic mass is 10.2. The van der Waals surface area contributed by atoms with Gasteiger partial charge in [0.25, 0.3) is 0 Å². The van der Waals surface area contributed by atoms with Crippen molar-refractivity contribution in [1.29, 1.82) is 0 Å². The van der Waals surface area contributed by atoms with E-state index in [1.54, 1.807) is 17.0 Å². The van der Waals surface area contributed by atoms with Crippen LogP contribution in [0.5, 0.6) is 5.75 Å². The zero-order valence-electron chi connectivity index (χ0n) is 18.8. The van der Waals surface area contributed by atoms with Crippen LogP contribution in [-0.4, -0.2) is 69.4 Å². The lowest BCUT2D eigenvalue weighted by Gasteiger charge is -2.34. The summed E-state index contributed by atoms with van der Waals surface area (Å²) in [5.41, 5.74) is -0.108. The first-order valence-electron chi connectivity index (χ1n) is 10.5. The normalized spacial score (nSPS) is 14.8. The molecular weight excluding hydrogens is 455 g/mol. The van der Waals surface area contributed by atoms with E-state index in [9.17, 15) is 22.4 Å². The number of nitrogens with zero attached hydrogens (tertiary/aromatic N) is 2. The lowest BCUT2D eigenvalue weighted by Crippen LogP contribution is -2.50. The molecule has 0 N–H and O–H groups in total. The smallest absolute Gasteiger partial charge is 0.342 e. The van der Waals surface area contributed by atoms with Crippen molar-refractivity contribution in [2.45, 2.75) is 31.6 Å². The number of esters is 1. The zero-order chi connectivity index (χ0) is 24.2. The summed E-state index contributed by atoms with van der Waals surface area (Å²) in [5.74, 6) is -0.950. The number of ether oxygens (including phenoxy) is 2. The summed E-state index contributed by atoms with van der Waals surface area (Å²) in [4.78, 5) is 26.0. The number of carbonyl (C=O) groups is 2. The van der Waals surface area contributed by atoms with E-state index in [4.69, 9.17) is 13.9 Å². The molecule has 2 heterocycles. The summed E-state index contributed by atoms with van der Waals surface area (Å²) in [7, 11) is -2.84. The van der Waals surface area contributed by atoms with Crippen molar-refractivity contribution in [2.24, 2.45) is 0 Å².